The van der Waals surface area contributed by atoms with Crippen molar-refractivity contribution in [1.82, 2.24) is 4.98 Å². The second kappa shape index (κ2) is 5.12. The number of carboxylic acid groups (broad SMARTS) is 1. The Kier molecular flexibility index (Phi) is 3.73. The Bertz CT molecular complexity index is 586. The maximum absolute atomic E-state index is 11.1. The number of hydrogen-bond acceptors (Lipinski definition) is 4. The Morgan fingerprint density at radius 3 is 2.61 bits per heavy atom. The van der Waals surface area contributed by atoms with Gasteiger partial charge in [0.2, 0.25) is 0 Å². The Morgan fingerprint density at radius 2 is 2.06 bits per heavy atom. The number of rotatable bonds is 3. The van der Waals surface area contributed by atoms with Crippen molar-refractivity contribution in [1.29, 1.82) is 0 Å². The van der Waals surface area contributed by atoms with Crippen molar-refractivity contribution < 1.29 is 9.90 Å². The first-order valence-electron chi connectivity index (χ1n) is 5.43. The molecule has 0 spiro atoms. The first-order valence-corrected chi connectivity index (χ1v) is 7.06. The van der Waals surface area contributed by atoms with E-state index >= 15 is 0 Å². The summed E-state index contributed by atoms with van der Waals surface area (Å²) in [5.74, 6) is -0.888. The van der Waals surface area contributed by atoms with E-state index in [0.29, 0.717) is 5.56 Å². The lowest BCUT2D eigenvalue weighted by atomic mass is 10.1. The molecule has 5 heteroatoms. The molecule has 0 amide bonds. The van der Waals surface area contributed by atoms with E-state index in [9.17, 15) is 4.79 Å². The molecule has 0 aliphatic rings. The predicted octanol–water partition coefficient (Wildman–Crippen LogP) is 3.92. The molecule has 0 aliphatic heterocycles. The maximum atomic E-state index is 11.1. The van der Waals surface area contributed by atoms with Gasteiger partial charge >= 0.3 is 5.97 Å². The number of carbonyl (C=O) groups is 1. The molecule has 1 aromatic carbocycles. The summed E-state index contributed by atoms with van der Waals surface area (Å²) in [5, 5.41) is 9.08. The van der Waals surface area contributed by atoms with E-state index in [2.05, 4.69) is 4.98 Å². The molecule has 1 heterocycles. The molecule has 2 aromatic rings. The molecule has 0 unspecified atom stereocenters. The van der Waals surface area contributed by atoms with E-state index in [1.165, 1.54) is 16.6 Å². The fraction of sp³-hybridized carbons (Fsp3) is 0.231. The third kappa shape index (κ3) is 2.73. The highest BCUT2D eigenvalue weighted by atomic mass is 32.2. The van der Waals surface area contributed by atoms with Gasteiger partial charge in [-0.3, -0.25) is 0 Å². The van der Waals surface area contributed by atoms with Crippen LogP contribution in [0.3, 0.4) is 0 Å². The molecular formula is C13H13NO2S2. The van der Waals surface area contributed by atoms with Crippen LogP contribution in [0, 0.1) is 20.8 Å². The lowest BCUT2D eigenvalue weighted by Crippen LogP contribution is -1.99. The molecule has 18 heavy (non-hydrogen) atoms. The minimum atomic E-state index is -0.888. The average Bonchev–Trinajstić information content (AvgIpc) is 2.60. The van der Waals surface area contributed by atoms with E-state index in [-0.39, 0.29) is 0 Å². The van der Waals surface area contributed by atoms with Crippen LogP contribution in [-0.4, -0.2) is 16.1 Å². The number of carboxylic acids is 1. The van der Waals surface area contributed by atoms with Crippen LogP contribution < -0.4 is 0 Å². The summed E-state index contributed by atoms with van der Waals surface area (Å²) in [5.41, 5.74) is 2.16. The van der Waals surface area contributed by atoms with Crippen molar-refractivity contribution in [2.75, 3.05) is 0 Å². The normalized spacial score (nSPS) is 10.6. The topological polar surface area (TPSA) is 50.2 Å². The number of aryl methyl sites for hydroxylation is 3. The fourth-order valence-electron chi connectivity index (χ4n) is 1.48. The minimum Gasteiger partial charge on any atom is -0.478 e. The molecule has 0 saturated carbocycles. The first-order chi connectivity index (χ1) is 8.47. The second-order valence-electron chi connectivity index (χ2n) is 4.01. The van der Waals surface area contributed by atoms with Gasteiger partial charge in [-0.15, -0.1) is 11.3 Å². The van der Waals surface area contributed by atoms with Gasteiger partial charge in [0.1, 0.15) is 0 Å². The number of benzene rings is 1. The summed E-state index contributed by atoms with van der Waals surface area (Å²) in [6.45, 7) is 5.82. The number of aromatic nitrogens is 1. The van der Waals surface area contributed by atoms with E-state index < -0.39 is 5.97 Å². The summed E-state index contributed by atoms with van der Waals surface area (Å²) in [6, 6.07) is 5.46. The summed E-state index contributed by atoms with van der Waals surface area (Å²) >= 11 is 3.14. The molecule has 0 saturated heterocycles. The average molecular weight is 279 g/mol. The first kappa shape index (κ1) is 13.1. The third-order valence-corrected chi connectivity index (χ3v) is 4.78. The monoisotopic (exact) mass is 279 g/mol. The smallest absolute Gasteiger partial charge is 0.335 e. The minimum absolute atomic E-state index is 0.352. The van der Waals surface area contributed by atoms with E-state index in [0.717, 1.165) is 20.5 Å². The largest absolute Gasteiger partial charge is 0.478 e. The fourth-order valence-corrected chi connectivity index (χ4v) is 3.65. The van der Waals surface area contributed by atoms with Gasteiger partial charge in [0.25, 0.3) is 0 Å². The van der Waals surface area contributed by atoms with Crippen LogP contribution in [0.4, 0.5) is 0 Å². The molecule has 1 aromatic heterocycles. The second-order valence-corrected chi connectivity index (χ2v) is 6.53. The Labute approximate surface area is 114 Å². The molecule has 0 bridgehead atoms. The van der Waals surface area contributed by atoms with Crippen LogP contribution in [-0.2, 0) is 0 Å². The van der Waals surface area contributed by atoms with Gasteiger partial charge in [-0.05, 0) is 38.5 Å². The van der Waals surface area contributed by atoms with Crippen molar-refractivity contribution >= 4 is 29.1 Å². The van der Waals surface area contributed by atoms with Crippen LogP contribution in [0.5, 0.6) is 0 Å². The van der Waals surface area contributed by atoms with Gasteiger partial charge < -0.3 is 5.11 Å². The summed E-state index contributed by atoms with van der Waals surface area (Å²) < 4.78 is 0.949. The van der Waals surface area contributed by atoms with Crippen molar-refractivity contribution in [2.45, 2.75) is 30.0 Å². The molecule has 2 rings (SSSR count). The Morgan fingerprint density at radius 1 is 1.33 bits per heavy atom. The zero-order valence-corrected chi connectivity index (χ0v) is 12.0. The van der Waals surface area contributed by atoms with E-state index in [4.69, 9.17) is 5.11 Å². The molecule has 3 nitrogen and oxygen atoms in total. The van der Waals surface area contributed by atoms with Gasteiger partial charge in [-0.25, -0.2) is 9.78 Å². The molecule has 0 fully saturated rings. The highest BCUT2D eigenvalue weighted by Crippen LogP contribution is 2.33. The van der Waals surface area contributed by atoms with Crippen LogP contribution in [0.15, 0.2) is 27.4 Å². The van der Waals surface area contributed by atoms with Crippen molar-refractivity contribution in [3.63, 3.8) is 0 Å². The quantitative estimate of drug-likeness (QED) is 0.925. The van der Waals surface area contributed by atoms with Crippen LogP contribution >= 0.6 is 23.1 Å². The van der Waals surface area contributed by atoms with Crippen LogP contribution in [0.25, 0.3) is 0 Å². The van der Waals surface area contributed by atoms with Crippen molar-refractivity contribution in [2.24, 2.45) is 0 Å². The number of aromatic carboxylic acids is 1. The van der Waals surface area contributed by atoms with E-state index in [1.54, 1.807) is 24.3 Å². The SMILES string of the molecule is Cc1ccc(Sc2nc(C)c(C)s2)cc1C(=O)O. The molecule has 1 N–H and O–H groups in total. The van der Waals surface area contributed by atoms with Gasteiger partial charge in [-0.1, -0.05) is 17.8 Å². The summed E-state index contributed by atoms with van der Waals surface area (Å²) in [7, 11) is 0. The van der Waals surface area contributed by atoms with Gasteiger partial charge in [0.15, 0.2) is 4.34 Å². The van der Waals surface area contributed by atoms with E-state index in [1.807, 2.05) is 26.0 Å². The van der Waals surface area contributed by atoms with Gasteiger partial charge in [0.05, 0.1) is 11.3 Å². The highest BCUT2D eigenvalue weighted by molar-refractivity contribution is 8.01. The highest BCUT2D eigenvalue weighted by Gasteiger charge is 2.10. The van der Waals surface area contributed by atoms with Crippen LogP contribution in [0.2, 0.25) is 0 Å². The molecule has 0 aliphatic carbocycles. The lowest BCUT2D eigenvalue weighted by molar-refractivity contribution is 0.0696. The number of nitrogens with zero attached hydrogens (tertiary/aromatic N) is 1. The summed E-state index contributed by atoms with van der Waals surface area (Å²) in [4.78, 5) is 17.6. The van der Waals surface area contributed by atoms with Crippen LogP contribution in [0.1, 0.15) is 26.5 Å². The number of hydrogen-bond donors (Lipinski definition) is 1. The lowest BCUT2D eigenvalue weighted by Gasteiger charge is -2.03. The standard InChI is InChI=1S/C13H13NO2S2/c1-7-4-5-10(6-11(7)12(15)16)18-13-14-8(2)9(3)17-13/h4-6H,1-3H3,(H,15,16). The molecule has 0 atom stereocenters. The zero-order valence-electron chi connectivity index (χ0n) is 10.4. The predicted molar refractivity (Wildman–Crippen MR) is 73.8 cm³/mol. The Balaban J connectivity index is 2.29. The molecule has 0 radical (unpaired) electrons. The van der Waals surface area contributed by atoms with Gasteiger partial charge in [-0.2, -0.15) is 0 Å². The molecular weight excluding hydrogens is 266 g/mol. The zero-order chi connectivity index (χ0) is 13.3. The van der Waals surface area contributed by atoms with Crippen molar-refractivity contribution in [3.8, 4) is 0 Å². The summed E-state index contributed by atoms with van der Waals surface area (Å²) in [6.07, 6.45) is 0. The van der Waals surface area contributed by atoms with Gasteiger partial charge in [0, 0.05) is 9.77 Å². The van der Waals surface area contributed by atoms with Crippen molar-refractivity contribution in [3.05, 3.63) is 39.9 Å². The molecule has 94 valence electrons. The third-order valence-electron chi connectivity index (χ3n) is 2.65. The maximum Gasteiger partial charge on any atom is 0.335 e. The number of thiazole rings is 1. The Hall–Kier alpha value is -1.33.